The van der Waals surface area contributed by atoms with Crippen molar-refractivity contribution in [1.82, 2.24) is 10.2 Å². The smallest absolute Gasteiger partial charge is 0.0544 e. The van der Waals surface area contributed by atoms with E-state index in [1.54, 1.807) is 12.4 Å². The first-order valence-electron chi connectivity index (χ1n) is 3.86. The number of hydrogen-bond donors (Lipinski definition) is 1. The molecule has 12 heavy (non-hydrogen) atoms. The van der Waals surface area contributed by atoms with Crippen LogP contribution in [-0.2, 0) is 0 Å². The lowest BCUT2D eigenvalue weighted by atomic mass is 10.0. The molecule has 3 nitrogen and oxygen atoms in total. The fourth-order valence-corrected chi connectivity index (χ4v) is 1.01. The molecule has 0 bridgehead atoms. The molecule has 0 saturated heterocycles. The van der Waals surface area contributed by atoms with Gasteiger partial charge in [0, 0.05) is 12.2 Å². The third-order valence-electron chi connectivity index (χ3n) is 1.60. The van der Waals surface area contributed by atoms with Crippen molar-refractivity contribution in [3.05, 3.63) is 36.2 Å². The molecular weight excluding hydrogens is 150 g/mol. The lowest BCUT2D eigenvalue weighted by molar-refractivity contribution is 0.708. The van der Waals surface area contributed by atoms with Crippen LogP contribution in [0.15, 0.2) is 30.6 Å². The summed E-state index contributed by atoms with van der Waals surface area (Å²) in [6.07, 6.45) is 4.13. The van der Waals surface area contributed by atoms with Crippen molar-refractivity contribution < 1.29 is 0 Å². The Kier molecular flexibility index (Phi) is 2.94. The largest absolute Gasteiger partial charge is 0.324 e. The van der Waals surface area contributed by atoms with E-state index in [9.17, 15) is 0 Å². The first kappa shape index (κ1) is 8.87. The van der Waals surface area contributed by atoms with Crippen molar-refractivity contribution in [3.63, 3.8) is 0 Å². The lowest BCUT2D eigenvalue weighted by Gasteiger charge is -2.09. The quantitative estimate of drug-likeness (QED) is 0.686. The molecule has 0 aliphatic carbocycles. The number of hydrogen-bond acceptors (Lipinski definition) is 3. The van der Waals surface area contributed by atoms with Crippen LogP contribution in [0.1, 0.15) is 24.9 Å². The van der Waals surface area contributed by atoms with Crippen molar-refractivity contribution in [2.24, 2.45) is 5.73 Å². The van der Waals surface area contributed by atoms with E-state index in [2.05, 4.69) is 16.8 Å². The first-order valence-corrected chi connectivity index (χ1v) is 3.86. The SMILES string of the molecule is C=C(C)CC(N)c1ccnnc1. The summed E-state index contributed by atoms with van der Waals surface area (Å²) in [5.74, 6) is 0. The van der Waals surface area contributed by atoms with Crippen LogP contribution in [0, 0.1) is 0 Å². The molecule has 1 atom stereocenters. The minimum Gasteiger partial charge on any atom is -0.324 e. The summed E-state index contributed by atoms with van der Waals surface area (Å²) >= 11 is 0. The molecule has 1 unspecified atom stereocenters. The van der Waals surface area contributed by atoms with E-state index in [4.69, 9.17) is 5.73 Å². The average Bonchev–Trinajstić information content (AvgIpc) is 2.05. The number of nitrogens with two attached hydrogens (primary N) is 1. The van der Waals surface area contributed by atoms with Crippen LogP contribution < -0.4 is 5.73 Å². The Morgan fingerprint density at radius 2 is 2.42 bits per heavy atom. The summed E-state index contributed by atoms with van der Waals surface area (Å²) in [4.78, 5) is 0. The van der Waals surface area contributed by atoms with Crippen molar-refractivity contribution in [1.29, 1.82) is 0 Å². The van der Waals surface area contributed by atoms with Gasteiger partial charge in [-0.05, 0) is 25.0 Å². The number of nitrogens with zero attached hydrogens (tertiary/aromatic N) is 2. The molecule has 0 fully saturated rings. The third kappa shape index (κ3) is 2.43. The van der Waals surface area contributed by atoms with Crippen LogP contribution in [0.25, 0.3) is 0 Å². The van der Waals surface area contributed by atoms with Crippen LogP contribution >= 0.6 is 0 Å². The Hall–Kier alpha value is -1.22. The Bertz CT molecular complexity index is 256. The van der Waals surface area contributed by atoms with Gasteiger partial charge in [0.25, 0.3) is 0 Å². The van der Waals surface area contributed by atoms with Gasteiger partial charge in [0.15, 0.2) is 0 Å². The second kappa shape index (κ2) is 3.97. The summed E-state index contributed by atoms with van der Waals surface area (Å²) < 4.78 is 0. The predicted molar refractivity (Wildman–Crippen MR) is 48.4 cm³/mol. The molecule has 0 saturated carbocycles. The molecule has 1 heterocycles. The highest BCUT2D eigenvalue weighted by molar-refractivity contribution is 5.13. The van der Waals surface area contributed by atoms with Gasteiger partial charge in [0.05, 0.1) is 6.20 Å². The van der Waals surface area contributed by atoms with Gasteiger partial charge in [0.1, 0.15) is 0 Å². The summed E-state index contributed by atoms with van der Waals surface area (Å²) in [5.41, 5.74) is 7.96. The molecule has 0 aromatic carbocycles. The summed E-state index contributed by atoms with van der Waals surface area (Å²) in [7, 11) is 0. The maximum absolute atomic E-state index is 5.87. The fraction of sp³-hybridized carbons (Fsp3) is 0.333. The highest BCUT2D eigenvalue weighted by atomic mass is 15.1. The molecule has 1 rings (SSSR count). The number of rotatable bonds is 3. The van der Waals surface area contributed by atoms with Gasteiger partial charge < -0.3 is 5.73 Å². The van der Waals surface area contributed by atoms with Gasteiger partial charge in [0.2, 0.25) is 0 Å². The minimum absolute atomic E-state index is 0.00185. The molecule has 0 spiro atoms. The van der Waals surface area contributed by atoms with E-state index in [0.717, 1.165) is 17.6 Å². The predicted octanol–water partition coefficient (Wildman–Crippen LogP) is 1.44. The Morgan fingerprint density at radius 3 is 2.92 bits per heavy atom. The second-order valence-electron chi connectivity index (χ2n) is 2.94. The van der Waals surface area contributed by atoms with Gasteiger partial charge in [-0.25, -0.2) is 0 Å². The number of aromatic nitrogens is 2. The molecular formula is C9H13N3. The van der Waals surface area contributed by atoms with E-state index >= 15 is 0 Å². The zero-order valence-electron chi connectivity index (χ0n) is 7.20. The van der Waals surface area contributed by atoms with Crippen molar-refractivity contribution in [3.8, 4) is 0 Å². The maximum atomic E-state index is 5.87. The average molecular weight is 163 g/mol. The monoisotopic (exact) mass is 163 g/mol. The molecule has 2 N–H and O–H groups in total. The van der Waals surface area contributed by atoms with Crippen LogP contribution in [0.4, 0.5) is 0 Å². The Morgan fingerprint density at radius 1 is 1.67 bits per heavy atom. The topological polar surface area (TPSA) is 51.8 Å². The van der Waals surface area contributed by atoms with E-state index in [1.165, 1.54) is 0 Å². The summed E-state index contributed by atoms with van der Waals surface area (Å²) in [6, 6.07) is 1.87. The lowest BCUT2D eigenvalue weighted by Crippen LogP contribution is -2.10. The Labute approximate surface area is 72.3 Å². The molecule has 1 aromatic heterocycles. The second-order valence-corrected chi connectivity index (χ2v) is 2.94. The van der Waals surface area contributed by atoms with Gasteiger partial charge in [-0.1, -0.05) is 5.57 Å². The Balaban J connectivity index is 2.65. The van der Waals surface area contributed by atoms with Crippen molar-refractivity contribution in [2.45, 2.75) is 19.4 Å². The molecule has 64 valence electrons. The summed E-state index contributed by atoms with van der Waals surface area (Å²) in [5, 5.41) is 7.43. The zero-order chi connectivity index (χ0) is 8.97. The van der Waals surface area contributed by atoms with E-state index in [0.29, 0.717) is 0 Å². The van der Waals surface area contributed by atoms with Crippen molar-refractivity contribution >= 4 is 0 Å². The highest BCUT2D eigenvalue weighted by Crippen LogP contribution is 2.15. The van der Waals surface area contributed by atoms with E-state index in [1.807, 2.05) is 13.0 Å². The van der Waals surface area contributed by atoms with Gasteiger partial charge in [-0.2, -0.15) is 10.2 Å². The first-order chi connectivity index (χ1) is 5.70. The summed E-state index contributed by atoms with van der Waals surface area (Å²) in [6.45, 7) is 5.77. The normalized spacial score (nSPS) is 12.5. The molecule has 1 aromatic rings. The van der Waals surface area contributed by atoms with Crippen LogP contribution in [0.3, 0.4) is 0 Å². The van der Waals surface area contributed by atoms with E-state index < -0.39 is 0 Å². The van der Waals surface area contributed by atoms with Crippen LogP contribution in [0.5, 0.6) is 0 Å². The standard InChI is InChI=1S/C9H13N3/c1-7(2)5-9(10)8-3-4-11-12-6-8/h3-4,6,9H,1,5,10H2,2H3. The van der Waals surface area contributed by atoms with E-state index in [-0.39, 0.29) is 6.04 Å². The molecule has 0 aliphatic heterocycles. The highest BCUT2D eigenvalue weighted by Gasteiger charge is 2.04. The van der Waals surface area contributed by atoms with Crippen LogP contribution in [-0.4, -0.2) is 10.2 Å². The molecule has 0 amide bonds. The van der Waals surface area contributed by atoms with Crippen molar-refractivity contribution in [2.75, 3.05) is 0 Å². The minimum atomic E-state index is -0.00185. The zero-order valence-corrected chi connectivity index (χ0v) is 7.20. The van der Waals surface area contributed by atoms with Gasteiger partial charge in [-0.3, -0.25) is 0 Å². The van der Waals surface area contributed by atoms with Gasteiger partial charge >= 0.3 is 0 Å². The third-order valence-corrected chi connectivity index (χ3v) is 1.60. The van der Waals surface area contributed by atoms with Gasteiger partial charge in [-0.15, -0.1) is 6.58 Å². The maximum Gasteiger partial charge on any atom is 0.0544 e. The fourth-order valence-electron chi connectivity index (χ4n) is 1.01. The molecule has 0 radical (unpaired) electrons. The molecule has 3 heteroatoms. The molecule has 0 aliphatic rings. The van der Waals surface area contributed by atoms with Crippen LogP contribution in [0.2, 0.25) is 0 Å².